The Morgan fingerprint density at radius 1 is 1.30 bits per heavy atom. The van der Waals surface area contributed by atoms with Gasteiger partial charge in [0.25, 0.3) is 0 Å². The number of halogens is 1. The summed E-state index contributed by atoms with van der Waals surface area (Å²) >= 11 is 5.26. The van der Waals surface area contributed by atoms with Crippen LogP contribution in [-0.2, 0) is 13.1 Å². The van der Waals surface area contributed by atoms with Crippen LogP contribution < -0.4 is 5.32 Å². The fourth-order valence-electron chi connectivity index (χ4n) is 2.22. The molecule has 0 radical (unpaired) electrons. The van der Waals surface area contributed by atoms with Crippen LogP contribution in [0.2, 0.25) is 0 Å². The Bertz CT molecular complexity index is 689. The van der Waals surface area contributed by atoms with Crippen LogP contribution in [0.3, 0.4) is 0 Å². The molecule has 0 amide bonds. The van der Waals surface area contributed by atoms with E-state index in [1.807, 2.05) is 12.4 Å². The van der Waals surface area contributed by atoms with E-state index in [4.69, 9.17) is 0 Å². The number of para-hydroxylation sites is 2. The molecule has 3 rings (SSSR count). The summed E-state index contributed by atoms with van der Waals surface area (Å²) in [6, 6.07) is 10.4. The molecule has 0 aliphatic carbocycles. The lowest BCUT2D eigenvalue weighted by Crippen LogP contribution is -2.15. The third-order valence-corrected chi connectivity index (χ3v) is 4.90. The minimum atomic E-state index is 0.945. The zero-order valence-corrected chi connectivity index (χ0v) is 13.5. The fraction of sp³-hybridized carbons (Fsp3) is 0.267. The van der Waals surface area contributed by atoms with Crippen LogP contribution in [0, 0.1) is 0 Å². The third-order valence-electron chi connectivity index (χ3n) is 3.20. The number of hydrogen-bond acceptors (Lipinski definition) is 3. The lowest BCUT2D eigenvalue weighted by atomic mass is 10.3. The molecule has 0 aliphatic heterocycles. The van der Waals surface area contributed by atoms with Crippen LogP contribution in [0.1, 0.15) is 11.3 Å². The number of aromatic nitrogens is 2. The summed E-state index contributed by atoms with van der Waals surface area (Å²) in [4.78, 5) is 5.77. The monoisotopic (exact) mass is 349 g/mol. The number of nitrogens with zero attached hydrogens (tertiary/aromatic N) is 2. The van der Waals surface area contributed by atoms with Gasteiger partial charge in [0.1, 0.15) is 0 Å². The van der Waals surface area contributed by atoms with Gasteiger partial charge in [-0.05, 0) is 47.1 Å². The van der Waals surface area contributed by atoms with Crippen LogP contribution in [0.25, 0.3) is 11.0 Å². The quantitative estimate of drug-likeness (QED) is 0.680. The topological polar surface area (TPSA) is 29.9 Å². The van der Waals surface area contributed by atoms with Gasteiger partial charge in [-0.1, -0.05) is 12.1 Å². The van der Waals surface area contributed by atoms with Crippen LogP contribution in [-0.4, -0.2) is 16.1 Å². The van der Waals surface area contributed by atoms with Crippen LogP contribution >= 0.6 is 27.3 Å². The van der Waals surface area contributed by atoms with E-state index in [2.05, 4.69) is 60.4 Å². The zero-order chi connectivity index (χ0) is 13.8. The van der Waals surface area contributed by atoms with Gasteiger partial charge in [0, 0.05) is 27.8 Å². The lowest BCUT2D eigenvalue weighted by Gasteiger charge is -2.05. The molecule has 0 bridgehead atoms. The summed E-state index contributed by atoms with van der Waals surface area (Å²) in [6.07, 6.45) is 3.04. The molecule has 0 saturated carbocycles. The van der Waals surface area contributed by atoms with Gasteiger partial charge in [-0.2, -0.15) is 0 Å². The first-order valence-electron chi connectivity index (χ1n) is 6.66. The summed E-state index contributed by atoms with van der Waals surface area (Å²) in [7, 11) is 0. The van der Waals surface area contributed by atoms with Gasteiger partial charge < -0.3 is 9.88 Å². The number of hydrogen-bond donors (Lipinski definition) is 1. The van der Waals surface area contributed by atoms with Gasteiger partial charge in [0.05, 0.1) is 17.4 Å². The second-order valence-electron chi connectivity index (χ2n) is 4.69. The molecule has 0 fully saturated rings. The van der Waals surface area contributed by atoms with Crippen molar-refractivity contribution in [2.75, 3.05) is 6.54 Å². The largest absolute Gasteiger partial charge is 0.331 e. The molecule has 0 atom stereocenters. The van der Waals surface area contributed by atoms with E-state index in [1.165, 1.54) is 14.9 Å². The number of fused-ring (bicyclic) bond motifs is 1. The average Bonchev–Trinajstić information content (AvgIpc) is 3.05. The second kappa shape index (κ2) is 6.52. The maximum Gasteiger partial charge on any atom is 0.0958 e. The number of aryl methyl sites for hydroxylation is 1. The Morgan fingerprint density at radius 3 is 3.05 bits per heavy atom. The first kappa shape index (κ1) is 13.8. The van der Waals surface area contributed by atoms with Crippen molar-refractivity contribution in [2.45, 2.75) is 19.5 Å². The summed E-state index contributed by atoms with van der Waals surface area (Å²) in [5.41, 5.74) is 2.29. The highest BCUT2D eigenvalue weighted by molar-refractivity contribution is 9.10. The average molecular weight is 350 g/mol. The van der Waals surface area contributed by atoms with Crippen molar-refractivity contribution in [3.63, 3.8) is 0 Å². The molecular weight excluding hydrogens is 334 g/mol. The molecule has 0 aliphatic rings. The highest BCUT2D eigenvalue weighted by Crippen LogP contribution is 2.19. The van der Waals surface area contributed by atoms with Crippen molar-refractivity contribution in [2.24, 2.45) is 0 Å². The highest BCUT2D eigenvalue weighted by Gasteiger charge is 2.01. The molecule has 2 heterocycles. The Morgan fingerprint density at radius 2 is 2.20 bits per heavy atom. The molecule has 3 nitrogen and oxygen atoms in total. The molecule has 20 heavy (non-hydrogen) atoms. The minimum Gasteiger partial charge on any atom is -0.331 e. The Labute approximate surface area is 130 Å². The Kier molecular flexibility index (Phi) is 4.50. The number of benzene rings is 1. The zero-order valence-electron chi connectivity index (χ0n) is 11.1. The van der Waals surface area contributed by atoms with Gasteiger partial charge >= 0.3 is 0 Å². The lowest BCUT2D eigenvalue weighted by molar-refractivity contribution is 0.591. The molecule has 104 valence electrons. The van der Waals surface area contributed by atoms with Crippen LogP contribution in [0.4, 0.5) is 0 Å². The third kappa shape index (κ3) is 3.29. The van der Waals surface area contributed by atoms with E-state index >= 15 is 0 Å². The highest BCUT2D eigenvalue weighted by atomic mass is 79.9. The number of thiophene rings is 1. The summed E-state index contributed by atoms with van der Waals surface area (Å²) in [5.74, 6) is 0. The predicted molar refractivity (Wildman–Crippen MR) is 88.1 cm³/mol. The van der Waals surface area contributed by atoms with Crippen LogP contribution in [0.15, 0.2) is 46.5 Å². The van der Waals surface area contributed by atoms with E-state index in [9.17, 15) is 0 Å². The standard InChI is InChI=1S/C15H16BrN3S/c16-12-8-13(20-10-12)9-17-6-3-7-19-11-18-14-4-1-2-5-15(14)19/h1-2,4-5,8,10-11,17H,3,6-7,9H2. The van der Waals surface area contributed by atoms with Crippen molar-refractivity contribution < 1.29 is 0 Å². The molecule has 1 N–H and O–H groups in total. The summed E-state index contributed by atoms with van der Waals surface area (Å²) < 4.78 is 3.39. The Hall–Kier alpha value is -1.17. The number of rotatable bonds is 6. The number of nitrogens with one attached hydrogen (secondary N) is 1. The normalized spacial score (nSPS) is 11.2. The van der Waals surface area contributed by atoms with Crippen molar-refractivity contribution >= 4 is 38.3 Å². The summed E-state index contributed by atoms with van der Waals surface area (Å²) in [6.45, 7) is 2.96. The molecular formula is C15H16BrN3S. The van der Waals surface area contributed by atoms with Gasteiger partial charge in [0.15, 0.2) is 0 Å². The van der Waals surface area contributed by atoms with Crippen molar-refractivity contribution in [3.8, 4) is 0 Å². The molecule has 3 aromatic rings. The van der Waals surface area contributed by atoms with Gasteiger partial charge in [-0.15, -0.1) is 11.3 Å². The van der Waals surface area contributed by atoms with Crippen LogP contribution in [0.5, 0.6) is 0 Å². The van der Waals surface area contributed by atoms with Crippen molar-refractivity contribution in [3.05, 3.63) is 51.4 Å². The number of imidazole rings is 1. The molecule has 5 heteroatoms. The fourth-order valence-corrected chi connectivity index (χ4v) is 3.64. The molecule has 0 unspecified atom stereocenters. The van der Waals surface area contributed by atoms with E-state index < -0.39 is 0 Å². The molecule has 0 saturated heterocycles. The van der Waals surface area contributed by atoms with Gasteiger partial charge in [0.2, 0.25) is 0 Å². The maximum absolute atomic E-state index is 4.41. The van der Waals surface area contributed by atoms with E-state index in [1.54, 1.807) is 11.3 Å². The van der Waals surface area contributed by atoms with Gasteiger partial charge in [-0.25, -0.2) is 4.98 Å². The van der Waals surface area contributed by atoms with Crippen molar-refractivity contribution in [1.29, 1.82) is 0 Å². The minimum absolute atomic E-state index is 0.945. The smallest absolute Gasteiger partial charge is 0.0958 e. The predicted octanol–water partition coefficient (Wildman–Crippen LogP) is 4.04. The van der Waals surface area contributed by atoms with E-state index in [-0.39, 0.29) is 0 Å². The van der Waals surface area contributed by atoms with Crippen molar-refractivity contribution in [1.82, 2.24) is 14.9 Å². The van der Waals surface area contributed by atoms with E-state index in [0.29, 0.717) is 0 Å². The second-order valence-corrected chi connectivity index (χ2v) is 6.60. The first-order valence-corrected chi connectivity index (χ1v) is 8.34. The van der Waals surface area contributed by atoms with Gasteiger partial charge in [-0.3, -0.25) is 0 Å². The Balaban J connectivity index is 1.46. The van der Waals surface area contributed by atoms with E-state index in [0.717, 1.165) is 31.6 Å². The molecule has 2 aromatic heterocycles. The first-order chi connectivity index (χ1) is 9.83. The molecule has 1 aromatic carbocycles. The molecule has 0 spiro atoms. The summed E-state index contributed by atoms with van der Waals surface area (Å²) in [5, 5.41) is 5.60. The SMILES string of the molecule is Brc1csc(CNCCCn2cnc3ccccc32)c1. The maximum atomic E-state index is 4.41.